The first kappa shape index (κ1) is 15.8. The third kappa shape index (κ3) is 3.83. The number of amides is 1. The first-order valence-corrected chi connectivity index (χ1v) is 7.62. The largest absolute Gasteiger partial charge is 0.349 e. The van der Waals surface area contributed by atoms with Crippen LogP contribution in [0.4, 0.5) is 0 Å². The van der Waals surface area contributed by atoms with Gasteiger partial charge in [-0.2, -0.15) is 16.9 Å². The molecule has 0 saturated carbocycles. The van der Waals surface area contributed by atoms with E-state index in [0.717, 1.165) is 12.2 Å². The molecule has 0 aromatic carbocycles. The molecule has 0 radical (unpaired) electrons. The predicted molar refractivity (Wildman–Crippen MR) is 78.9 cm³/mol. The Morgan fingerprint density at radius 2 is 2.11 bits per heavy atom. The van der Waals surface area contributed by atoms with Gasteiger partial charge >= 0.3 is 0 Å². The molecule has 106 valence electrons. The maximum Gasteiger partial charge on any atom is 0.279 e. The lowest BCUT2D eigenvalue weighted by Gasteiger charge is -2.15. The van der Waals surface area contributed by atoms with E-state index in [1.807, 2.05) is 13.2 Å². The minimum atomic E-state index is -0.349. The first-order valence-electron chi connectivity index (χ1n) is 6.22. The minimum absolute atomic E-state index is 0.0533. The molecule has 0 aliphatic rings. The van der Waals surface area contributed by atoms with E-state index in [-0.39, 0.29) is 23.1 Å². The zero-order chi connectivity index (χ0) is 14.6. The summed E-state index contributed by atoms with van der Waals surface area (Å²) in [6.07, 6.45) is 2.91. The van der Waals surface area contributed by atoms with Crippen LogP contribution in [0.1, 0.15) is 35.0 Å². The second-order valence-corrected chi connectivity index (χ2v) is 5.66. The topological polar surface area (TPSA) is 64.0 Å². The van der Waals surface area contributed by atoms with Crippen LogP contribution in [0.3, 0.4) is 0 Å². The number of hydrogen-bond donors (Lipinski definition) is 1. The lowest BCUT2D eigenvalue weighted by atomic mass is 10.1. The molecular weight excluding hydrogens is 262 g/mol. The summed E-state index contributed by atoms with van der Waals surface area (Å²) >= 11 is 1.74. The van der Waals surface area contributed by atoms with Crippen molar-refractivity contribution in [3.63, 3.8) is 0 Å². The van der Waals surface area contributed by atoms with Gasteiger partial charge in [0.15, 0.2) is 0 Å². The lowest BCUT2D eigenvalue weighted by Crippen LogP contribution is -2.39. The average molecular weight is 283 g/mol. The van der Waals surface area contributed by atoms with E-state index in [9.17, 15) is 9.59 Å². The van der Waals surface area contributed by atoms with Crippen molar-refractivity contribution in [3.8, 4) is 0 Å². The van der Waals surface area contributed by atoms with E-state index >= 15 is 0 Å². The van der Waals surface area contributed by atoms with Crippen molar-refractivity contribution in [2.45, 2.75) is 33.2 Å². The number of nitrogens with one attached hydrogen (secondary N) is 1. The zero-order valence-corrected chi connectivity index (χ0v) is 12.9. The Morgan fingerprint density at radius 1 is 1.47 bits per heavy atom. The van der Waals surface area contributed by atoms with Crippen molar-refractivity contribution >= 4 is 17.7 Å². The normalized spacial score (nSPS) is 12.3. The van der Waals surface area contributed by atoms with Crippen molar-refractivity contribution in [1.82, 2.24) is 15.1 Å². The molecule has 0 saturated heterocycles. The molecule has 0 aliphatic heterocycles. The quantitative estimate of drug-likeness (QED) is 0.884. The van der Waals surface area contributed by atoms with Gasteiger partial charge in [0.05, 0.1) is 5.69 Å². The van der Waals surface area contributed by atoms with E-state index in [2.05, 4.69) is 10.4 Å². The molecule has 5 nitrogen and oxygen atoms in total. The van der Waals surface area contributed by atoms with Crippen molar-refractivity contribution in [3.05, 3.63) is 27.2 Å². The maximum absolute atomic E-state index is 12.2. The third-order valence-electron chi connectivity index (χ3n) is 3.09. The summed E-state index contributed by atoms with van der Waals surface area (Å²) in [7, 11) is 1.56. The molecule has 1 rings (SSSR count). The second kappa shape index (κ2) is 6.75. The highest BCUT2D eigenvalue weighted by Crippen LogP contribution is 2.07. The van der Waals surface area contributed by atoms with Gasteiger partial charge in [-0.15, -0.1) is 0 Å². The summed E-state index contributed by atoms with van der Waals surface area (Å²) in [4.78, 5) is 24.2. The first-order chi connectivity index (χ1) is 8.88. The van der Waals surface area contributed by atoms with E-state index in [0.29, 0.717) is 11.3 Å². The third-order valence-corrected chi connectivity index (χ3v) is 3.73. The van der Waals surface area contributed by atoms with Gasteiger partial charge in [0.1, 0.15) is 5.56 Å². The fourth-order valence-electron chi connectivity index (χ4n) is 1.78. The Hall–Kier alpha value is -1.30. The number of hydrogen-bond acceptors (Lipinski definition) is 4. The SMILES string of the molecule is CSCCC(C)NC(=O)c1c(C)c(C)nn(C)c1=O. The van der Waals surface area contributed by atoms with Crippen LogP contribution in [0.25, 0.3) is 0 Å². The summed E-state index contributed by atoms with van der Waals surface area (Å²) in [6, 6.07) is 0.0533. The highest BCUT2D eigenvalue weighted by molar-refractivity contribution is 7.98. The summed E-state index contributed by atoms with van der Waals surface area (Å²) in [6.45, 7) is 5.50. The number of thioether (sulfide) groups is 1. The van der Waals surface area contributed by atoms with Crippen molar-refractivity contribution in [2.75, 3.05) is 12.0 Å². The number of aromatic nitrogens is 2. The van der Waals surface area contributed by atoms with Crippen LogP contribution in [0.5, 0.6) is 0 Å². The van der Waals surface area contributed by atoms with Crippen LogP contribution < -0.4 is 10.9 Å². The molecule has 1 aromatic rings. The van der Waals surface area contributed by atoms with Gasteiger partial charge in [-0.3, -0.25) is 9.59 Å². The standard InChI is InChI=1S/C13H21N3O2S/c1-8(6-7-19-5)14-12(17)11-9(2)10(3)15-16(4)13(11)18/h8H,6-7H2,1-5H3,(H,14,17). The van der Waals surface area contributed by atoms with E-state index in [4.69, 9.17) is 0 Å². The van der Waals surface area contributed by atoms with Gasteiger partial charge in [0.25, 0.3) is 11.5 Å². The summed E-state index contributed by atoms with van der Waals surface area (Å²) in [5.74, 6) is 0.672. The molecule has 0 bridgehead atoms. The number of rotatable bonds is 5. The van der Waals surface area contributed by atoms with Crippen LogP contribution in [0.2, 0.25) is 0 Å². The molecule has 6 heteroatoms. The lowest BCUT2D eigenvalue weighted by molar-refractivity contribution is 0.0936. The highest BCUT2D eigenvalue weighted by atomic mass is 32.2. The van der Waals surface area contributed by atoms with Crippen LogP contribution in [0.15, 0.2) is 4.79 Å². The number of carbonyl (C=O) groups is 1. The summed E-state index contributed by atoms with van der Waals surface area (Å²) < 4.78 is 1.21. The fourth-order valence-corrected chi connectivity index (χ4v) is 2.37. The van der Waals surface area contributed by atoms with Crippen molar-refractivity contribution < 1.29 is 4.79 Å². The molecule has 0 aliphatic carbocycles. The van der Waals surface area contributed by atoms with E-state index < -0.39 is 0 Å². The van der Waals surface area contributed by atoms with Crippen molar-refractivity contribution in [1.29, 1.82) is 0 Å². The van der Waals surface area contributed by atoms with Crippen LogP contribution in [-0.4, -0.2) is 33.7 Å². The molecule has 1 amide bonds. The molecular formula is C13H21N3O2S. The highest BCUT2D eigenvalue weighted by Gasteiger charge is 2.19. The average Bonchev–Trinajstić information content (AvgIpc) is 2.34. The molecule has 1 unspecified atom stereocenters. The Kier molecular flexibility index (Phi) is 5.60. The maximum atomic E-state index is 12.2. The van der Waals surface area contributed by atoms with Gasteiger partial charge in [-0.25, -0.2) is 4.68 Å². The van der Waals surface area contributed by atoms with Gasteiger partial charge in [0, 0.05) is 13.1 Å². The van der Waals surface area contributed by atoms with Crippen LogP contribution in [-0.2, 0) is 7.05 Å². The molecule has 0 fully saturated rings. The molecule has 1 N–H and O–H groups in total. The van der Waals surface area contributed by atoms with E-state index in [1.54, 1.807) is 32.7 Å². The zero-order valence-electron chi connectivity index (χ0n) is 12.1. The van der Waals surface area contributed by atoms with Crippen LogP contribution in [0, 0.1) is 13.8 Å². The Labute approximate surface area is 117 Å². The van der Waals surface area contributed by atoms with Crippen molar-refractivity contribution in [2.24, 2.45) is 7.05 Å². The second-order valence-electron chi connectivity index (χ2n) is 4.67. The molecule has 1 atom stereocenters. The number of aryl methyl sites for hydroxylation is 2. The number of carbonyl (C=O) groups excluding carboxylic acids is 1. The van der Waals surface area contributed by atoms with Gasteiger partial charge < -0.3 is 5.32 Å². The summed E-state index contributed by atoms with van der Waals surface area (Å²) in [5.41, 5.74) is 1.20. The monoisotopic (exact) mass is 283 g/mol. The van der Waals surface area contributed by atoms with E-state index in [1.165, 1.54) is 4.68 Å². The van der Waals surface area contributed by atoms with Crippen LogP contribution >= 0.6 is 11.8 Å². The number of nitrogens with zero attached hydrogens (tertiary/aromatic N) is 2. The Morgan fingerprint density at radius 3 is 2.68 bits per heavy atom. The van der Waals surface area contributed by atoms with Gasteiger partial charge in [-0.1, -0.05) is 0 Å². The molecule has 1 aromatic heterocycles. The summed E-state index contributed by atoms with van der Waals surface area (Å²) in [5, 5.41) is 6.94. The Balaban J connectivity index is 2.97. The molecule has 19 heavy (non-hydrogen) atoms. The van der Waals surface area contributed by atoms with Gasteiger partial charge in [-0.05, 0) is 44.8 Å². The smallest absolute Gasteiger partial charge is 0.279 e. The molecule has 1 heterocycles. The predicted octanol–water partition coefficient (Wildman–Crippen LogP) is 1.27. The fraction of sp³-hybridized carbons (Fsp3) is 0.615. The Bertz CT molecular complexity index is 525. The van der Waals surface area contributed by atoms with Gasteiger partial charge in [0.2, 0.25) is 0 Å². The molecule has 0 spiro atoms. The minimum Gasteiger partial charge on any atom is -0.349 e.